The Morgan fingerprint density at radius 1 is 1.50 bits per heavy atom. The number of rotatable bonds is 4. The van der Waals surface area contributed by atoms with Gasteiger partial charge in [-0.05, 0) is 12.1 Å². The Kier molecular flexibility index (Phi) is 3.67. The van der Waals surface area contributed by atoms with Gasteiger partial charge in [-0.25, -0.2) is 4.39 Å². The summed E-state index contributed by atoms with van der Waals surface area (Å²) >= 11 is 0. The van der Waals surface area contributed by atoms with Crippen molar-refractivity contribution in [1.29, 1.82) is 0 Å². The fourth-order valence-electron chi connectivity index (χ4n) is 0.889. The molecule has 0 fully saturated rings. The summed E-state index contributed by atoms with van der Waals surface area (Å²) in [6.07, 6.45) is -0.959. The second kappa shape index (κ2) is 4.78. The molecule has 5 heteroatoms. The minimum atomic E-state index is -0.959. The van der Waals surface area contributed by atoms with Gasteiger partial charge in [0.1, 0.15) is 24.3 Å². The maximum absolute atomic E-state index is 12.6. The van der Waals surface area contributed by atoms with Crippen molar-refractivity contribution >= 4 is 5.69 Å². The number of hydrogen-bond donors (Lipinski definition) is 3. The van der Waals surface area contributed by atoms with E-state index in [1.165, 1.54) is 12.1 Å². The van der Waals surface area contributed by atoms with Crippen LogP contribution in [0.25, 0.3) is 0 Å². The van der Waals surface area contributed by atoms with Crippen molar-refractivity contribution in [3.63, 3.8) is 0 Å². The summed E-state index contributed by atoms with van der Waals surface area (Å²) in [6, 6.07) is 3.70. The van der Waals surface area contributed by atoms with Gasteiger partial charge in [-0.15, -0.1) is 0 Å². The van der Waals surface area contributed by atoms with Crippen molar-refractivity contribution in [3.8, 4) is 5.75 Å². The highest BCUT2D eigenvalue weighted by molar-refractivity contribution is 5.52. The lowest BCUT2D eigenvalue weighted by atomic mass is 10.3. The third-order valence-electron chi connectivity index (χ3n) is 1.61. The van der Waals surface area contributed by atoms with Gasteiger partial charge in [0, 0.05) is 6.07 Å². The molecule has 0 bridgehead atoms. The topological polar surface area (TPSA) is 75.7 Å². The second-order valence-corrected chi connectivity index (χ2v) is 2.83. The van der Waals surface area contributed by atoms with Crippen LogP contribution in [0.4, 0.5) is 10.1 Å². The first-order chi connectivity index (χ1) is 6.63. The molecule has 4 N–H and O–H groups in total. The van der Waals surface area contributed by atoms with Crippen molar-refractivity contribution in [2.45, 2.75) is 6.10 Å². The zero-order chi connectivity index (χ0) is 10.6. The first kappa shape index (κ1) is 10.7. The maximum atomic E-state index is 12.6. The normalized spacial score (nSPS) is 12.5. The average molecular weight is 201 g/mol. The number of nitrogens with two attached hydrogens (primary N) is 1. The molecule has 4 nitrogen and oxygen atoms in total. The van der Waals surface area contributed by atoms with Crippen LogP contribution in [0.2, 0.25) is 0 Å². The van der Waals surface area contributed by atoms with E-state index >= 15 is 0 Å². The summed E-state index contributed by atoms with van der Waals surface area (Å²) in [7, 11) is 0. The predicted molar refractivity (Wildman–Crippen MR) is 49.4 cm³/mol. The zero-order valence-electron chi connectivity index (χ0n) is 7.48. The molecule has 1 rings (SSSR count). The summed E-state index contributed by atoms with van der Waals surface area (Å²) in [4.78, 5) is 0. The van der Waals surface area contributed by atoms with Crippen LogP contribution in [0, 0.1) is 5.82 Å². The average Bonchev–Trinajstić information content (AvgIpc) is 2.16. The minimum absolute atomic E-state index is 0.0771. The van der Waals surface area contributed by atoms with Gasteiger partial charge < -0.3 is 20.7 Å². The van der Waals surface area contributed by atoms with E-state index in [0.29, 0.717) is 5.75 Å². The largest absolute Gasteiger partial charge is 0.489 e. The first-order valence-electron chi connectivity index (χ1n) is 4.10. The van der Waals surface area contributed by atoms with Gasteiger partial charge in [0.15, 0.2) is 0 Å². The monoisotopic (exact) mass is 201 g/mol. The number of anilines is 1. The lowest BCUT2D eigenvalue weighted by Gasteiger charge is -2.11. The Morgan fingerprint density at radius 3 is 2.79 bits per heavy atom. The Bertz CT molecular complexity index is 306. The molecule has 1 aromatic rings. The molecule has 0 saturated carbocycles. The van der Waals surface area contributed by atoms with Crippen molar-refractivity contribution < 1.29 is 19.3 Å². The van der Waals surface area contributed by atoms with Gasteiger partial charge in [0.05, 0.1) is 12.3 Å². The standard InChI is InChI=1S/C9H12FNO3/c10-6-1-2-9(8(11)3-6)14-5-7(13)4-12/h1-3,7,12-13H,4-5,11H2. The quantitative estimate of drug-likeness (QED) is 0.606. The van der Waals surface area contributed by atoms with Crippen molar-refractivity contribution in [2.75, 3.05) is 18.9 Å². The third kappa shape index (κ3) is 2.86. The fourth-order valence-corrected chi connectivity index (χ4v) is 0.889. The SMILES string of the molecule is Nc1cc(F)ccc1OCC(O)CO. The predicted octanol–water partition coefficient (Wildman–Crippen LogP) is 0.140. The third-order valence-corrected chi connectivity index (χ3v) is 1.61. The molecular weight excluding hydrogens is 189 g/mol. The molecule has 14 heavy (non-hydrogen) atoms. The van der Waals surface area contributed by atoms with Crippen LogP contribution in [-0.2, 0) is 0 Å². The highest BCUT2D eigenvalue weighted by atomic mass is 19.1. The summed E-state index contributed by atoms with van der Waals surface area (Å²) in [5.74, 6) is -0.156. The molecule has 78 valence electrons. The van der Waals surface area contributed by atoms with Gasteiger partial charge in [-0.2, -0.15) is 0 Å². The molecule has 0 spiro atoms. The smallest absolute Gasteiger partial charge is 0.142 e. The highest BCUT2D eigenvalue weighted by Crippen LogP contribution is 2.21. The van der Waals surface area contributed by atoms with Crippen molar-refractivity contribution in [3.05, 3.63) is 24.0 Å². The molecule has 0 aliphatic heterocycles. The molecule has 1 unspecified atom stereocenters. The second-order valence-electron chi connectivity index (χ2n) is 2.83. The van der Waals surface area contributed by atoms with E-state index in [1.54, 1.807) is 0 Å². The fraction of sp³-hybridized carbons (Fsp3) is 0.333. The molecular formula is C9H12FNO3. The van der Waals surface area contributed by atoms with Crippen LogP contribution in [0.5, 0.6) is 5.75 Å². The van der Waals surface area contributed by atoms with Crippen LogP contribution in [-0.4, -0.2) is 29.5 Å². The Morgan fingerprint density at radius 2 is 2.21 bits per heavy atom. The number of ether oxygens (including phenoxy) is 1. The van der Waals surface area contributed by atoms with E-state index in [0.717, 1.165) is 6.07 Å². The lowest BCUT2D eigenvalue weighted by molar-refractivity contribution is 0.0538. The molecule has 0 aromatic heterocycles. The molecule has 0 amide bonds. The van der Waals surface area contributed by atoms with Crippen molar-refractivity contribution in [2.24, 2.45) is 0 Å². The van der Waals surface area contributed by atoms with Crippen LogP contribution in [0.15, 0.2) is 18.2 Å². The number of nitrogen functional groups attached to an aromatic ring is 1. The minimum Gasteiger partial charge on any atom is -0.489 e. The number of benzene rings is 1. The maximum Gasteiger partial charge on any atom is 0.142 e. The van der Waals surface area contributed by atoms with E-state index in [-0.39, 0.29) is 18.9 Å². The molecule has 1 atom stereocenters. The number of aliphatic hydroxyl groups excluding tert-OH is 2. The van der Waals surface area contributed by atoms with Crippen molar-refractivity contribution in [1.82, 2.24) is 0 Å². The zero-order valence-corrected chi connectivity index (χ0v) is 7.48. The van der Waals surface area contributed by atoms with Crippen LogP contribution < -0.4 is 10.5 Å². The van der Waals surface area contributed by atoms with Gasteiger partial charge in [0.25, 0.3) is 0 Å². The number of hydrogen-bond acceptors (Lipinski definition) is 4. The molecule has 0 aliphatic rings. The molecule has 0 aliphatic carbocycles. The number of aliphatic hydroxyl groups is 2. The van der Waals surface area contributed by atoms with E-state index < -0.39 is 11.9 Å². The summed E-state index contributed by atoms with van der Waals surface area (Å²) < 4.78 is 17.6. The van der Waals surface area contributed by atoms with Crippen LogP contribution in [0.3, 0.4) is 0 Å². The summed E-state index contributed by atoms with van der Waals surface area (Å²) in [6.45, 7) is -0.465. The van der Waals surface area contributed by atoms with Crippen LogP contribution >= 0.6 is 0 Å². The Balaban J connectivity index is 2.59. The lowest BCUT2D eigenvalue weighted by Crippen LogP contribution is -2.21. The number of halogens is 1. The van der Waals surface area contributed by atoms with Gasteiger partial charge in [-0.3, -0.25) is 0 Å². The summed E-state index contributed by atoms with van der Waals surface area (Å²) in [5.41, 5.74) is 5.60. The molecule has 1 aromatic carbocycles. The van der Waals surface area contributed by atoms with Gasteiger partial charge in [0.2, 0.25) is 0 Å². The molecule has 0 saturated heterocycles. The molecule has 0 radical (unpaired) electrons. The van der Waals surface area contributed by atoms with Crippen LogP contribution in [0.1, 0.15) is 0 Å². The Hall–Kier alpha value is -1.33. The van der Waals surface area contributed by atoms with Gasteiger partial charge in [-0.1, -0.05) is 0 Å². The van der Waals surface area contributed by atoms with E-state index in [1.807, 2.05) is 0 Å². The first-order valence-corrected chi connectivity index (χ1v) is 4.10. The van der Waals surface area contributed by atoms with E-state index in [2.05, 4.69) is 0 Å². The van der Waals surface area contributed by atoms with Gasteiger partial charge >= 0.3 is 0 Å². The summed E-state index contributed by atoms with van der Waals surface area (Å²) in [5, 5.41) is 17.5. The molecule has 0 heterocycles. The Labute approximate surface area is 80.7 Å². The van der Waals surface area contributed by atoms with E-state index in [9.17, 15) is 4.39 Å². The highest BCUT2D eigenvalue weighted by Gasteiger charge is 2.05. The van der Waals surface area contributed by atoms with E-state index in [4.69, 9.17) is 20.7 Å².